The Morgan fingerprint density at radius 1 is 1.14 bits per heavy atom. The molecule has 4 nitrogen and oxygen atoms in total. The normalized spacial score (nSPS) is 32.7. The number of benzene rings is 1. The molecule has 2 heterocycles. The number of carbonyl (C=O) groups is 1. The molecular weight excluding hydrogens is 381 g/mol. The molecule has 3 aliphatic rings. The third-order valence-electron chi connectivity index (χ3n) is 6.78. The predicted octanol–water partition coefficient (Wildman–Crippen LogP) is 4.70. The van der Waals surface area contributed by atoms with E-state index in [1.807, 2.05) is 0 Å². The van der Waals surface area contributed by atoms with Crippen LogP contribution in [0, 0.1) is 11.8 Å². The molecule has 3 fully saturated rings. The standard InChI is InChI=1S/C22H29F3N2O2/c1-13(2)18-12-29-19-9-8-17(11-14-3-10-20(28)27(18)21(14)19)26-16-6-4-15(5-7-16)22(23,24)25/h4-7,13-14,17-19,21,26H,3,8-12H2,1-2H3/t14-,17-,18-,19?,21?/m1/s1. The summed E-state index contributed by atoms with van der Waals surface area (Å²) in [5.74, 6) is 0.948. The van der Waals surface area contributed by atoms with Gasteiger partial charge in [0, 0.05) is 18.2 Å². The van der Waals surface area contributed by atoms with E-state index >= 15 is 0 Å². The number of morpholine rings is 1. The first-order valence-electron chi connectivity index (χ1n) is 10.6. The molecule has 0 aromatic heterocycles. The number of piperidine rings is 1. The SMILES string of the molecule is CC(C)[C@H]1COC2CC[C@@H](Nc3ccc(C(F)(F)F)cc3)C[C@H]3CCC(=O)N1C23. The molecule has 1 amide bonds. The molecular formula is C22H29F3N2O2. The summed E-state index contributed by atoms with van der Waals surface area (Å²) in [6.45, 7) is 4.86. The van der Waals surface area contributed by atoms with Crippen LogP contribution in [0.5, 0.6) is 0 Å². The van der Waals surface area contributed by atoms with Crippen molar-refractivity contribution in [1.82, 2.24) is 4.90 Å². The zero-order valence-electron chi connectivity index (χ0n) is 16.9. The topological polar surface area (TPSA) is 41.6 Å². The van der Waals surface area contributed by atoms with Crippen LogP contribution >= 0.6 is 0 Å². The molecule has 1 aliphatic carbocycles. The van der Waals surface area contributed by atoms with Crippen LogP contribution in [0.3, 0.4) is 0 Å². The Morgan fingerprint density at radius 3 is 2.52 bits per heavy atom. The van der Waals surface area contributed by atoms with Gasteiger partial charge in [0.15, 0.2) is 0 Å². The number of hydrogen-bond donors (Lipinski definition) is 1. The molecule has 5 atom stereocenters. The van der Waals surface area contributed by atoms with Crippen LogP contribution in [-0.4, -0.2) is 41.6 Å². The second-order valence-electron chi connectivity index (χ2n) is 9.00. The van der Waals surface area contributed by atoms with E-state index in [1.165, 1.54) is 12.1 Å². The van der Waals surface area contributed by atoms with Gasteiger partial charge < -0.3 is 15.0 Å². The number of halogens is 3. The van der Waals surface area contributed by atoms with E-state index < -0.39 is 11.7 Å². The van der Waals surface area contributed by atoms with E-state index in [9.17, 15) is 18.0 Å². The van der Waals surface area contributed by atoms with Crippen LogP contribution in [0.1, 0.15) is 51.5 Å². The van der Waals surface area contributed by atoms with Crippen molar-refractivity contribution >= 4 is 11.6 Å². The molecule has 7 heteroatoms. The van der Waals surface area contributed by atoms with Gasteiger partial charge in [-0.2, -0.15) is 13.2 Å². The highest BCUT2D eigenvalue weighted by Gasteiger charge is 2.49. The highest BCUT2D eigenvalue weighted by atomic mass is 19.4. The molecule has 29 heavy (non-hydrogen) atoms. The first-order chi connectivity index (χ1) is 13.7. The number of anilines is 1. The number of ether oxygens (including phenoxy) is 1. The Kier molecular flexibility index (Phi) is 5.53. The van der Waals surface area contributed by atoms with Crippen molar-refractivity contribution in [2.45, 2.75) is 76.4 Å². The quantitative estimate of drug-likeness (QED) is 0.785. The van der Waals surface area contributed by atoms with Crippen molar-refractivity contribution in [2.75, 3.05) is 11.9 Å². The second kappa shape index (κ2) is 7.82. The average molecular weight is 410 g/mol. The molecule has 0 bridgehead atoms. The summed E-state index contributed by atoms with van der Waals surface area (Å²) in [5.41, 5.74) is 0.0714. The summed E-state index contributed by atoms with van der Waals surface area (Å²) >= 11 is 0. The van der Waals surface area contributed by atoms with Gasteiger partial charge in [-0.05, 0) is 61.8 Å². The van der Waals surface area contributed by atoms with Crippen LogP contribution < -0.4 is 5.32 Å². The van der Waals surface area contributed by atoms with Crippen LogP contribution in [0.25, 0.3) is 0 Å². The number of rotatable bonds is 3. The molecule has 2 aliphatic heterocycles. The van der Waals surface area contributed by atoms with Crippen molar-refractivity contribution < 1.29 is 22.7 Å². The molecule has 0 spiro atoms. The minimum atomic E-state index is -4.32. The summed E-state index contributed by atoms with van der Waals surface area (Å²) < 4.78 is 44.6. The Labute approximate surface area is 169 Å². The number of hydrogen-bond acceptors (Lipinski definition) is 3. The third-order valence-corrected chi connectivity index (χ3v) is 6.78. The fourth-order valence-electron chi connectivity index (χ4n) is 5.29. The van der Waals surface area contributed by atoms with Gasteiger partial charge in [0.2, 0.25) is 5.91 Å². The van der Waals surface area contributed by atoms with E-state index in [2.05, 4.69) is 24.1 Å². The highest BCUT2D eigenvalue weighted by molar-refractivity contribution is 5.78. The lowest BCUT2D eigenvalue weighted by Gasteiger charge is -2.52. The Morgan fingerprint density at radius 2 is 1.86 bits per heavy atom. The van der Waals surface area contributed by atoms with Gasteiger partial charge in [-0.25, -0.2) is 0 Å². The van der Waals surface area contributed by atoms with E-state index in [4.69, 9.17) is 4.74 Å². The number of alkyl halides is 3. The molecule has 160 valence electrons. The molecule has 0 radical (unpaired) electrons. The maximum absolute atomic E-state index is 12.8. The summed E-state index contributed by atoms with van der Waals surface area (Å²) in [7, 11) is 0. The lowest BCUT2D eigenvalue weighted by Crippen LogP contribution is -2.64. The summed E-state index contributed by atoms with van der Waals surface area (Å²) in [5, 5.41) is 3.43. The molecule has 1 saturated carbocycles. The van der Waals surface area contributed by atoms with Crippen molar-refractivity contribution in [3.05, 3.63) is 29.8 Å². The summed E-state index contributed by atoms with van der Waals surface area (Å²) in [6, 6.07) is 5.67. The average Bonchev–Trinajstić information content (AvgIpc) is 2.84. The van der Waals surface area contributed by atoms with Crippen molar-refractivity contribution in [3.63, 3.8) is 0 Å². The number of carbonyl (C=O) groups excluding carboxylic acids is 1. The second-order valence-corrected chi connectivity index (χ2v) is 9.00. The highest BCUT2D eigenvalue weighted by Crippen LogP contribution is 2.41. The molecule has 1 N–H and O–H groups in total. The minimum absolute atomic E-state index is 0.0543. The summed E-state index contributed by atoms with van der Waals surface area (Å²) in [6.07, 6.45) is -0.196. The van der Waals surface area contributed by atoms with Crippen molar-refractivity contribution in [1.29, 1.82) is 0 Å². The van der Waals surface area contributed by atoms with E-state index in [-0.39, 0.29) is 30.1 Å². The number of amides is 1. The van der Waals surface area contributed by atoms with Crippen LogP contribution in [0.4, 0.5) is 18.9 Å². The monoisotopic (exact) mass is 410 g/mol. The fraction of sp³-hybridized carbons (Fsp3) is 0.682. The summed E-state index contributed by atoms with van der Waals surface area (Å²) in [4.78, 5) is 14.9. The maximum Gasteiger partial charge on any atom is 0.416 e. The van der Waals surface area contributed by atoms with Gasteiger partial charge >= 0.3 is 6.18 Å². The lowest BCUT2D eigenvalue weighted by atomic mass is 9.80. The zero-order chi connectivity index (χ0) is 20.8. The number of nitrogens with one attached hydrogen (secondary N) is 1. The molecule has 2 saturated heterocycles. The van der Waals surface area contributed by atoms with Gasteiger partial charge in [0.05, 0.1) is 30.4 Å². The van der Waals surface area contributed by atoms with E-state index in [1.54, 1.807) is 0 Å². The van der Waals surface area contributed by atoms with Gasteiger partial charge in [-0.3, -0.25) is 4.79 Å². The molecule has 1 aromatic carbocycles. The van der Waals surface area contributed by atoms with Crippen LogP contribution in [0.2, 0.25) is 0 Å². The Hall–Kier alpha value is -1.76. The fourth-order valence-corrected chi connectivity index (χ4v) is 5.29. The van der Waals surface area contributed by atoms with Crippen molar-refractivity contribution in [2.24, 2.45) is 11.8 Å². The van der Waals surface area contributed by atoms with Crippen LogP contribution in [0.15, 0.2) is 24.3 Å². The van der Waals surface area contributed by atoms with Crippen molar-refractivity contribution in [3.8, 4) is 0 Å². The third kappa shape index (κ3) is 4.11. The number of nitrogens with zero attached hydrogens (tertiary/aromatic N) is 1. The Balaban J connectivity index is 1.49. The molecule has 2 unspecified atom stereocenters. The first kappa shape index (κ1) is 20.5. The Bertz CT molecular complexity index is 735. The first-order valence-corrected chi connectivity index (χ1v) is 10.6. The molecule has 4 rings (SSSR count). The molecule has 1 aromatic rings. The van der Waals surface area contributed by atoms with Crippen LogP contribution in [-0.2, 0) is 15.7 Å². The maximum atomic E-state index is 12.8. The van der Waals surface area contributed by atoms with Gasteiger partial charge in [0.1, 0.15) is 0 Å². The van der Waals surface area contributed by atoms with Gasteiger partial charge in [0.25, 0.3) is 0 Å². The van der Waals surface area contributed by atoms with E-state index in [0.29, 0.717) is 30.6 Å². The largest absolute Gasteiger partial charge is 0.416 e. The smallest absolute Gasteiger partial charge is 0.382 e. The predicted molar refractivity (Wildman–Crippen MR) is 104 cm³/mol. The lowest BCUT2D eigenvalue weighted by molar-refractivity contribution is -0.173. The minimum Gasteiger partial charge on any atom is -0.382 e. The van der Waals surface area contributed by atoms with E-state index in [0.717, 1.165) is 37.8 Å². The zero-order valence-corrected chi connectivity index (χ0v) is 16.9. The van der Waals surface area contributed by atoms with Gasteiger partial charge in [-0.1, -0.05) is 13.8 Å². The van der Waals surface area contributed by atoms with Gasteiger partial charge in [-0.15, -0.1) is 0 Å².